The van der Waals surface area contributed by atoms with E-state index >= 15 is 0 Å². The number of carbonyl (C=O) groups excluding carboxylic acids is 1. The number of halogens is 3. The zero-order valence-corrected chi connectivity index (χ0v) is 4.54. The number of carbonyl (C=O) groups is 1. The lowest BCUT2D eigenvalue weighted by atomic mass is 10.3. The minimum Gasteiger partial charge on any atom is -0.293 e. The van der Waals surface area contributed by atoms with Gasteiger partial charge in [0.05, 0.1) is 0 Å². The topological polar surface area (TPSA) is 40.9 Å². The molecule has 0 saturated heterocycles. The highest BCUT2D eigenvalue weighted by molar-refractivity contribution is 6.39. The van der Waals surface area contributed by atoms with Gasteiger partial charge in [-0.25, -0.2) is 0 Å². The number of hydrogen-bond acceptors (Lipinski definition) is 2. The van der Waals surface area contributed by atoms with Gasteiger partial charge in [-0.05, 0) is 0 Å². The smallest absolute Gasteiger partial charge is 0.293 e. The van der Waals surface area contributed by atoms with Crippen LogP contribution in [0.4, 0.5) is 13.2 Å². The van der Waals surface area contributed by atoms with Crippen LogP contribution >= 0.6 is 0 Å². The van der Waals surface area contributed by atoms with Crippen molar-refractivity contribution in [3.8, 4) is 0 Å². The molecule has 1 N–H and O–H groups in total. The number of alkyl halides is 3. The summed E-state index contributed by atoms with van der Waals surface area (Å²) in [5, 5.41) is 6.12. The summed E-state index contributed by atoms with van der Waals surface area (Å²) in [6.07, 6.45) is -4.79. The zero-order chi connectivity index (χ0) is 7.65. The minimum absolute atomic E-state index is 0.704. The highest BCUT2D eigenvalue weighted by atomic mass is 19.4. The average molecular weight is 139 g/mol. The van der Waals surface area contributed by atoms with Crippen molar-refractivity contribution in [2.75, 3.05) is 0 Å². The Balaban J connectivity index is 4.23. The molecule has 0 bridgehead atoms. The van der Waals surface area contributed by atoms with Crippen LogP contribution in [0.1, 0.15) is 6.92 Å². The second kappa shape index (κ2) is 2.16. The molecule has 0 unspecified atom stereocenters. The SMILES string of the molecule is CC(=O)C(=N)C(F)(F)F. The van der Waals surface area contributed by atoms with Gasteiger partial charge < -0.3 is 0 Å². The fraction of sp³-hybridized carbons (Fsp3) is 0.500. The normalized spacial score (nSPS) is 11.1. The molecule has 0 aliphatic heterocycles. The second-order valence-corrected chi connectivity index (χ2v) is 1.43. The molecule has 0 aliphatic rings. The van der Waals surface area contributed by atoms with Crippen molar-refractivity contribution < 1.29 is 18.0 Å². The summed E-state index contributed by atoms with van der Waals surface area (Å²) in [5.41, 5.74) is -1.80. The van der Waals surface area contributed by atoms with E-state index in [1.807, 2.05) is 0 Å². The predicted octanol–water partition coefficient (Wildman–Crippen LogP) is 1.16. The number of Topliss-reactive ketones (excluding diaryl/α,β-unsaturated/α-hetero) is 1. The van der Waals surface area contributed by atoms with Crippen molar-refractivity contribution >= 4 is 11.5 Å². The molecule has 2 nitrogen and oxygen atoms in total. The van der Waals surface area contributed by atoms with Gasteiger partial charge in [-0.15, -0.1) is 0 Å². The van der Waals surface area contributed by atoms with Gasteiger partial charge in [-0.3, -0.25) is 10.2 Å². The lowest BCUT2D eigenvalue weighted by Crippen LogP contribution is -2.27. The van der Waals surface area contributed by atoms with E-state index < -0.39 is 17.7 Å². The van der Waals surface area contributed by atoms with Crippen LogP contribution in [0, 0.1) is 5.41 Å². The Kier molecular flexibility index (Phi) is 1.95. The van der Waals surface area contributed by atoms with Gasteiger partial charge in [-0.1, -0.05) is 0 Å². The summed E-state index contributed by atoms with van der Waals surface area (Å²) in [5.74, 6) is -1.26. The van der Waals surface area contributed by atoms with Crippen molar-refractivity contribution in [3.05, 3.63) is 0 Å². The maximum atomic E-state index is 11.3. The Bertz CT molecular complexity index is 148. The molecule has 0 aliphatic carbocycles. The molecule has 5 heteroatoms. The monoisotopic (exact) mass is 139 g/mol. The predicted molar refractivity (Wildman–Crippen MR) is 24.5 cm³/mol. The first-order valence-corrected chi connectivity index (χ1v) is 2.02. The van der Waals surface area contributed by atoms with Gasteiger partial charge in [0, 0.05) is 6.92 Å². The first-order chi connectivity index (χ1) is 3.85. The van der Waals surface area contributed by atoms with Crippen molar-refractivity contribution in [2.45, 2.75) is 13.1 Å². The largest absolute Gasteiger partial charge is 0.436 e. The summed E-state index contributed by atoms with van der Waals surface area (Å²) in [4.78, 5) is 9.85. The van der Waals surface area contributed by atoms with Crippen LogP contribution in [-0.2, 0) is 4.79 Å². The Labute approximate surface area is 49.2 Å². The van der Waals surface area contributed by atoms with Gasteiger partial charge >= 0.3 is 6.18 Å². The zero-order valence-electron chi connectivity index (χ0n) is 4.54. The third kappa shape index (κ3) is 2.25. The van der Waals surface area contributed by atoms with E-state index in [2.05, 4.69) is 0 Å². The summed E-state index contributed by atoms with van der Waals surface area (Å²) >= 11 is 0. The third-order valence-corrected chi connectivity index (χ3v) is 0.636. The quantitative estimate of drug-likeness (QED) is 0.544. The Hall–Kier alpha value is -0.870. The van der Waals surface area contributed by atoms with Crippen LogP contribution in [0.2, 0.25) is 0 Å². The maximum absolute atomic E-state index is 11.3. The van der Waals surface area contributed by atoms with Crippen molar-refractivity contribution in [3.63, 3.8) is 0 Å². The molecule has 0 heterocycles. The van der Waals surface area contributed by atoms with E-state index in [1.165, 1.54) is 0 Å². The molecule has 0 aromatic rings. The molecule has 0 spiro atoms. The highest BCUT2D eigenvalue weighted by Gasteiger charge is 2.36. The first kappa shape index (κ1) is 8.13. The Morgan fingerprint density at radius 2 is 1.78 bits per heavy atom. The number of rotatable bonds is 1. The van der Waals surface area contributed by atoms with E-state index in [0.717, 1.165) is 0 Å². The fourth-order valence-corrected chi connectivity index (χ4v) is 0.200. The molecule has 0 saturated carbocycles. The minimum atomic E-state index is -4.79. The number of hydrogen-bond donors (Lipinski definition) is 1. The maximum Gasteiger partial charge on any atom is 0.436 e. The molecule has 0 aromatic carbocycles. The average Bonchev–Trinajstić information content (AvgIpc) is 1.62. The van der Waals surface area contributed by atoms with Gasteiger partial charge in [0.1, 0.15) is 0 Å². The van der Waals surface area contributed by atoms with Crippen LogP contribution in [0.3, 0.4) is 0 Å². The van der Waals surface area contributed by atoms with E-state index in [4.69, 9.17) is 5.41 Å². The summed E-state index contributed by atoms with van der Waals surface area (Å²) in [7, 11) is 0. The molecule has 0 aromatic heterocycles. The van der Waals surface area contributed by atoms with Gasteiger partial charge in [-0.2, -0.15) is 13.2 Å². The number of ketones is 1. The van der Waals surface area contributed by atoms with Gasteiger partial charge in [0.2, 0.25) is 0 Å². The molecule has 0 radical (unpaired) electrons. The van der Waals surface area contributed by atoms with Gasteiger partial charge in [0.15, 0.2) is 11.5 Å². The molecule has 0 amide bonds. The fourth-order valence-electron chi connectivity index (χ4n) is 0.200. The molecule has 0 rings (SSSR count). The highest BCUT2D eigenvalue weighted by Crippen LogP contribution is 2.15. The summed E-state index contributed by atoms with van der Waals surface area (Å²) in [6.45, 7) is 0.704. The van der Waals surface area contributed by atoms with Crippen LogP contribution < -0.4 is 0 Å². The van der Waals surface area contributed by atoms with Crippen LogP contribution in [0.5, 0.6) is 0 Å². The van der Waals surface area contributed by atoms with E-state index in [0.29, 0.717) is 6.92 Å². The molecule has 0 fully saturated rings. The standard InChI is InChI=1S/C4H4F3NO/c1-2(9)3(8)4(5,6)7/h8H,1H3. The molecular formula is C4H4F3NO. The Morgan fingerprint density at radius 1 is 1.44 bits per heavy atom. The van der Waals surface area contributed by atoms with E-state index in [9.17, 15) is 18.0 Å². The van der Waals surface area contributed by atoms with Crippen molar-refractivity contribution in [1.29, 1.82) is 5.41 Å². The number of nitrogens with one attached hydrogen (secondary N) is 1. The molecular weight excluding hydrogens is 135 g/mol. The molecule has 9 heavy (non-hydrogen) atoms. The molecule has 52 valence electrons. The van der Waals surface area contributed by atoms with Crippen LogP contribution in [0.25, 0.3) is 0 Å². The lowest BCUT2D eigenvalue weighted by molar-refractivity contribution is -0.115. The molecule has 0 atom stereocenters. The second-order valence-electron chi connectivity index (χ2n) is 1.43. The van der Waals surface area contributed by atoms with Crippen molar-refractivity contribution in [1.82, 2.24) is 0 Å². The van der Waals surface area contributed by atoms with E-state index in [-0.39, 0.29) is 0 Å². The van der Waals surface area contributed by atoms with E-state index in [1.54, 1.807) is 0 Å². The van der Waals surface area contributed by atoms with Crippen LogP contribution in [0.15, 0.2) is 0 Å². The summed E-state index contributed by atoms with van der Waals surface area (Å²) in [6, 6.07) is 0. The van der Waals surface area contributed by atoms with Crippen molar-refractivity contribution in [2.24, 2.45) is 0 Å². The summed E-state index contributed by atoms with van der Waals surface area (Å²) < 4.78 is 33.8. The Morgan fingerprint density at radius 3 is 1.78 bits per heavy atom. The van der Waals surface area contributed by atoms with Gasteiger partial charge in [0.25, 0.3) is 0 Å². The third-order valence-electron chi connectivity index (χ3n) is 0.636. The lowest BCUT2D eigenvalue weighted by Gasteiger charge is -2.02. The first-order valence-electron chi connectivity index (χ1n) is 2.02. The van der Waals surface area contributed by atoms with Crippen LogP contribution in [-0.4, -0.2) is 17.7 Å².